The van der Waals surface area contributed by atoms with E-state index in [-0.39, 0.29) is 11.6 Å². The Morgan fingerprint density at radius 2 is 2.00 bits per heavy atom. The third-order valence-electron chi connectivity index (χ3n) is 4.83. The molecule has 0 bridgehead atoms. The highest BCUT2D eigenvalue weighted by Crippen LogP contribution is 2.31. The number of nitrogens with two attached hydrogens (primary N) is 1. The maximum Gasteiger partial charge on any atom is 0.0358 e. The van der Waals surface area contributed by atoms with E-state index in [0.29, 0.717) is 0 Å². The normalized spacial score (nSPS) is 18.7. The van der Waals surface area contributed by atoms with Crippen molar-refractivity contribution in [2.24, 2.45) is 5.73 Å². The molecule has 2 rings (SSSR count). The fraction of sp³-hybridized carbons (Fsp3) is 0.688. The van der Waals surface area contributed by atoms with Crippen molar-refractivity contribution < 1.29 is 0 Å². The summed E-state index contributed by atoms with van der Waals surface area (Å²) < 4.78 is 0. The van der Waals surface area contributed by atoms with Crippen LogP contribution in [-0.4, -0.2) is 34.6 Å². The highest BCUT2D eigenvalue weighted by atomic mass is 15.2. The first-order chi connectivity index (χ1) is 9.23. The van der Waals surface area contributed by atoms with Crippen molar-refractivity contribution in [1.29, 1.82) is 0 Å². The van der Waals surface area contributed by atoms with Gasteiger partial charge in [-0.25, -0.2) is 0 Å². The number of hydrogen-bond acceptors (Lipinski definition) is 3. The van der Waals surface area contributed by atoms with Gasteiger partial charge in [0.25, 0.3) is 0 Å². The lowest BCUT2D eigenvalue weighted by Gasteiger charge is -2.45. The van der Waals surface area contributed by atoms with Gasteiger partial charge in [-0.15, -0.1) is 0 Å². The fourth-order valence-corrected chi connectivity index (χ4v) is 3.58. The molecule has 3 nitrogen and oxygen atoms in total. The lowest BCUT2D eigenvalue weighted by molar-refractivity contribution is 0.0768. The second-order valence-electron chi connectivity index (χ2n) is 5.68. The highest BCUT2D eigenvalue weighted by Gasteiger charge is 2.40. The van der Waals surface area contributed by atoms with Crippen molar-refractivity contribution >= 4 is 0 Å². The summed E-state index contributed by atoms with van der Waals surface area (Å²) in [6.45, 7) is 6.99. The van der Waals surface area contributed by atoms with E-state index in [1.807, 2.05) is 18.5 Å². The fourth-order valence-electron chi connectivity index (χ4n) is 3.58. The van der Waals surface area contributed by atoms with Crippen molar-refractivity contribution in [2.75, 3.05) is 13.1 Å². The number of nitrogens with zero attached hydrogens (tertiary/aromatic N) is 2. The van der Waals surface area contributed by atoms with Crippen molar-refractivity contribution in [3.8, 4) is 0 Å². The Hall–Kier alpha value is -0.930. The average molecular weight is 261 g/mol. The summed E-state index contributed by atoms with van der Waals surface area (Å²) in [4.78, 5) is 6.83. The van der Waals surface area contributed by atoms with Crippen LogP contribution in [0.2, 0.25) is 0 Å². The van der Waals surface area contributed by atoms with E-state index in [1.165, 1.54) is 31.5 Å². The second-order valence-corrected chi connectivity index (χ2v) is 5.68. The Kier molecular flexibility index (Phi) is 4.94. The molecule has 0 radical (unpaired) electrons. The lowest BCUT2D eigenvalue weighted by atomic mass is 9.80. The topological polar surface area (TPSA) is 42.1 Å². The molecule has 1 aromatic rings. The van der Waals surface area contributed by atoms with Gasteiger partial charge >= 0.3 is 0 Å². The number of rotatable bonds is 6. The molecule has 2 heterocycles. The van der Waals surface area contributed by atoms with E-state index >= 15 is 0 Å². The Morgan fingerprint density at radius 3 is 2.53 bits per heavy atom. The summed E-state index contributed by atoms with van der Waals surface area (Å²) in [6.07, 6.45) is 9.59. The molecule has 1 aliphatic rings. The predicted molar refractivity (Wildman–Crippen MR) is 80.0 cm³/mol. The van der Waals surface area contributed by atoms with Gasteiger partial charge in [-0.2, -0.15) is 0 Å². The molecular weight excluding hydrogens is 234 g/mol. The minimum atomic E-state index is 0.159. The van der Waals surface area contributed by atoms with Gasteiger partial charge in [-0.1, -0.05) is 19.9 Å². The van der Waals surface area contributed by atoms with E-state index in [4.69, 9.17) is 5.73 Å². The van der Waals surface area contributed by atoms with Crippen LogP contribution < -0.4 is 5.73 Å². The van der Waals surface area contributed by atoms with Gasteiger partial charge in [0.2, 0.25) is 0 Å². The van der Waals surface area contributed by atoms with E-state index < -0.39 is 0 Å². The summed E-state index contributed by atoms with van der Waals surface area (Å²) in [5, 5.41) is 0. The molecule has 1 aliphatic heterocycles. The molecule has 1 unspecified atom stereocenters. The molecule has 0 spiro atoms. The molecule has 0 amide bonds. The van der Waals surface area contributed by atoms with Crippen LogP contribution in [0.25, 0.3) is 0 Å². The van der Waals surface area contributed by atoms with E-state index in [9.17, 15) is 0 Å². The number of hydrogen-bond donors (Lipinski definition) is 1. The van der Waals surface area contributed by atoms with Crippen molar-refractivity contribution in [3.63, 3.8) is 0 Å². The first kappa shape index (κ1) is 14.5. The molecule has 3 heteroatoms. The second kappa shape index (κ2) is 6.49. The number of likely N-dealkylation sites (tertiary alicyclic amines) is 1. The van der Waals surface area contributed by atoms with Crippen LogP contribution in [0, 0.1) is 0 Å². The summed E-state index contributed by atoms with van der Waals surface area (Å²) in [7, 11) is 0. The van der Waals surface area contributed by atoms with Gasteiger partial charge in [0.15, 0.2) is 0 Å². The number of pyridine rings is 1. The Bertz CT molecular complexity index is 367. The quantitative estimate of drug-likeness (QED) is 0.856. The van der Waals surface area contributed by atoms with Gasteiger partial charge in [0.05, 0.1) is 0 Å². The molecule has 1 fully saturated rings. The van der Waals surface area contributed by atoms with Crippen LogP contribution in [0.1, 0.15) is 45.1 Å². The highest BCUT2D eigenvalue weighted by molar-refractivity contribution is 5.13. The van der Waals surface area contributed by atoms with Crippen molar-refractivity contribution in [3.05, 3.63) is 30.1 Å². The van der Waals surface area contributed by atoms with Gasteiger partial charge in [-0.3, -0.25) is 9.88 Å². The smallest absolute Gasteiger partial charge is 0.0358 e. The van der Waals surface area contributed by atoms with Crippen LogP contribution >= 0.6 is 0 Å². The molecule has 1 atom stereocenters. The Balaban J connectivity index is 2.13. The first-order valence-electron chi connectivity index (χ1n) is 7.62. The average Bonchev–Trinajstić information content (AvgIpc) is 2.96. The molecule has 0 aromatic carbocycles. The van der Waals surface area contributed by atoms with E-state index in [0.717, 1.165) is 19.3 Å². The minimum Gasteiger partial charge on any atom is -0.326 e. The molecule has 2 N–H and O–H groups in total. The summed E-state index contributed by atoms with van der Waals surface area (Å²) in [5.74, 6) is 0. The maximum atomic E-state index is 6.62. The van der Waals surface area contributed by atoms with Gasteiger partial charge < -0.3 is 5.73 Å². The molecule has 106 valence electrons. The monoisotopic (exact) mass is 261 g/mol. The van der Waals surface area contributed by atoms with Crippen LogP contribution in [0.15, 0.2) is 24.5 Å². The Morgan fingerprint density at radius 1 is 1.32 bits per heavy atom. The zero-order chi connectivity index (χ0) is 13.7. The molecular formula is C16H27N3. The molecule has 0 aliphatic carbocycles. The van der Waals surface area contributed by atoms with Gasteiger partial charge in [0, 0.05) is 24.0 Å². The Labute approximate surface area is 117 Å². The maximum absolute atomic E-state index is 6.62. The standard InChI is InChI=1S/C16H27N3/c1-3-16(4-2,19-10-5-6-11-19)15(17)12-14-8-7-9-18-13-14/h7-9,13,15H,3-6,10-12,17H2,1-2H3. The lowest BCUT2D eigenvalue weighted by Crippen LogP contribution is -2.59. The largest absolute Gasteiger partial charge is 0.326 e. The molecule has 0 saturated carbocycles. The molecule has 1 saturated heterocycles. The molecule has 19 heavy (non-hydrogen) atoms. The zero-order valence-electron chi connectivity index (χ0n) is 12.3. The predicted octanol–water partition coefficient (Wildman–Crippen LogP) is 2.61. The summed E-state index contributed by atoms with van der Waals surface area (Å²) >= 11 is 0. The minimum absolute atomic E-state index is 0.159. The van der Waals surface area contributed by atoms with Gasteiger partial charge in [-0.05, 0) is 56.8 Å². The summed E-state index contributed by atoms with van der Waals surface area (Å²) in [5.41, 5.74) is 8.03. The summed E-state index contributed by atoms with van der Waals surface area (Å²) in [6, 6.07) is 4.31. The third kappa shape index (κ3) is 2.98. The zero-order valence-corrected chi connectivity index (χ0v) is 12.3. The molecule has 1 aromatic heterocycles. The van der Waals surface area contributed by atoms with Crippen molar-refractivity contribution in [2.45, 2.75) is 57.5 Å². The third-order valence-corrected chi connectivity index (χ3v) is 4.83. The van der Waals surface area contributed by atoms with Crippen LogP contribution in [0.4, 0.5) is 0 Å². The van der Waals surface area contributed by atoms with Crippen LogP contribution in [0.3, 0.4) is 0 Å². The van der Waals surface area contributed by atoms with Gasteiger partial charge in [0.1, 0.15) is 0 Å². The number of aromatic nitrogens is 1. The van der Waals surface area contributed by atoms with Crippen LogP contribution in [-0.2, 0) is 6.42 Å². The van der Waals surface area contributed by atoms with E-state index in [2.05, 4.69) is 29.8 Å². The first-order valence-corrected chi connectivity index (χ1v) is 7.62. The van der Waals surface area contributed by atoms with E-state index in [1.54, 1.807) is 0 Å². The SMILES string of the molecule is CCC(CC)(C(N)Cc1cccnc1)N1CCCC1. The van der Waals surface area contributed by atoms with Crippen LogP contribution in [0.5, 0.6) is 0 Å². The van der Waals surface area contributed by atoms with Crippen molar-refractivity contribution in [1.82, 2.24) is 9.88 Å².